The number of amides is 1. The summed E-state index contributed by atoms with van der Waals surface area (Å²) in [4.78, 5) is 23.6. The van der Waals surface area contributed by atoms with Crippen LogP contribution in [0.2, 0.25) is 0 Å². The third-order valence-electron chi connectivity index (χ3n) is 4.68. The molecule has 0 radical (unpaired) electrons. The second-order valence-electron chi connectivity index (χ2n) is 6.42. The molecule has 7 heteroatoms. The van der Waals surface area contributed by atoms with Gasteiger partial charge in [-0.05, 0) is 31.2 Å². The van der Waals surface area contributed by atoms with E-state index in [0.717, 1.165) is 22.6 Å². The minimum atomic E-state index is -0.253. The highest BCUT2D eigenvalue weighted by atomic mass is 16.5. The molecule has 1 fully saturated rings. The van der Waals surface area contributed by atoms with E-state index < -0.39 is 0 Å². The first kappa shape index (κ1) is 16.5. The lowest BCUT2D eigenvalue weighted by atomic mass is 10.2. The summed E-state index contributed by atoms with van der Waals surface area (Å²) < 4.78 is 7.76. The van der Waals surface area contributed by atoms with E-state index in [9.17, 15) is 4.79 Å². The summed E-state index contributed by atoms with van der Waals surface area (Å²) in [6, 6.07) is 13.3. The number of nitrogens with zero attached hydrogens (tertiary/aromatic N) is 4. The standard InChI is InChI=1S/C19H21N5O2/c1-13-21-14-5-2-3-7-16(14)24(13)12-19(25)23-9-10-26-17(11-23)15-6-4-8-18(20)22-15/h2-8,17H,9-12H2,1H3,(H2,20,22). The molecule has 3 heterocycles. The van der Waals surface area contributed by atoms with Crippen molar-refractivity contribution in [2.24, 2.45) is 0 Å². The average Bonchev–Trinajstić information content (AvgIpc) is 2.97. The molecule has 2 N–H and O–H groups in total. The van der Waals surface area contributed by atoms with Gasteiger partial charge in [0.15, 0.2) is 0 Å². The molecule has 1 aromatic carbocycles. The Morgan fingerprint density at radius 2 is 2.08 bits per heavy atom. The van der Waals surface area contributed by atoms with Crippen LogP contribution < -0.4 is 5.73 Å². The Hall–Kier alpha value is -2.93. The summed E-state index contributed by atoms with van der Waals surface area (Å²) in [6.45, 7) is 3.72. The molecule has 1 aliphatic heterocycles. The number of para-hydroxylation sites is 2. The van der Waals surface area contributed by atoms with Crippen LogP contribution in [0.3, 0.4) is 0 Å². The van der Waals surface area contributed by atoms with Crippen molar-refractivity contribution in [2.75, 3.05) is 25.4 Å². The summed E-state index contributed by atoms with van der Waals surface area (Å²) in [5.74, 6) is 1.34. The molecular formula is C19H21N5O2. The molecule has 0 spiro atoms. The lowest BCUT2D eigenvalue weighted by Gasteiger charge is -2.33. The molecule has 0 saturated carbocycles. The van der Waals surface area contributed by atoms with Crippen LogP contribution in [-0.4, -0.2) is 45.0 Å². The van der Waals surface area contributed by atoms with Crippen molar-refractivity contribution in [3.8, 4) is 0 Å². The van der Waals surface area contributed by atoms with Gasteiger partial charge in [0.05, 0.1) is 29.9 Å². The van der Waals surface area contributed by atoms with E-state index in [1.165, 1.54) is 0 Å². The Morgan fingerprint density at radius 3 is 2.92 bits per heavy atom. The fraction of sp³-hybridized carbons (Fsp3) is 0.316. The number of nitrogen functional groups attached to an aromatic ring is 1. The zero-order valence-electron chi connectivity index (χ0n) is 14.6. The van der Waals surface area contributed by atoms with Gasteiger partial charge in [0.1, 0.15) is 24.3 Å². The fourth-order valence-corrected chi connectivity index (χ4v) is 3.33. The van der Waals surface area contributed by atoms with Gasteiger partial charge in [-0.15, -0.1) is 0 Å². The SMILES string of the molecule is Cc1nc2ccccc2n1CC(=O)N1CCOC(c2cccc(N)n2)C1. The topological polar surface area (TPSA) is 86.3 Å². The van der Waals surface area contributed by atoms with Crippen molar-refractivity contribution in [3.63, 3.8) is 0 Å². The molecule has 0 bridgehead atoms. The van der Waals surface area contributed by atoms with Gasteiger partial charge in [0, 0.05) is 6.54 Å². The van der Waals surface area contributed by atoms with Crippen LogP contribution in [0.5, 0.6) is 0 Å². The Bertz CT molecular complexity index is 952. The smallest absolute Gasteiger partial charge is 0.242 e. The number of morpholine rings is 1. The number of aryl methyl sites for hydroxylation is 1. The molecule has 1 saturated heterocycles. The Morgan fingerprint density at radius 1 is 1.23 bits per heavy atom. The summed E-state index contributed by atoms with van der Waals surface area (Å²) in [5, 5.41) is 0. The minimum Gasteiger partial charge on any atom is -0.384 e. The maximum Gasteiger partial charge on any atom is 0.242 e. The number of rotatable bonds is 3. The number of anilines is 1. The van der Waals surface area contributed by atoms with Gasteiger partial charge < -0.3 is 19.9 Å². The largest absolute Gasteiger partial charge is 0.384 e. The van der Waals surface area contributed by atoms with Crippen molar-refractivity contribution >= 4 is 22.8 Å². The highest BCUT2D eigenvalue weighted by Gasteiger charge is 2.27. The number of pyridine rings is 1. The molecule has 3 aromatic rings. The van der Waals surface area contributed by atoms with Gasteiger partial charge in [-0.3, -0.25) is 4.79 Å². The molecular weight excluding hydrogens is 330 g/mol. The maximum absolute atomic E-state index is 12.9. The Balaban J connectivity index is 1.51. The molecule has 1 amide bonds. The zero-order chi connectivity index (χ0) is 18.1. The summed E-state index contributed by atoms with van der Waals surface area (Å²) in [7, 11) is 0. The maximum atomic E-state index is 12.9. The first-order valence-corrected chi connectivity index (χ1v) is 8.65. The first-order chi connectivity index (χ1) is 12.6. The molecule has 4 rings (SSSR count). The predicted octanol–water partition coefficient (Wildman–Crippen LogP) is 1.92. The fourth-order valence-electron chi connectivity index (χ4n) is 3.33. The third-order valence-corrected chi connectivity index (χ3v) is 4.68. The molecule has 1 atom stereocenters. The van der Waals surface area contributed by atoms with E-state index in [4.69, 9.17) is 10.5 Å². The van der Waals surface area contributed by atoms with E-state index >= 15 is 0 Å². The van der Waals surface area contributed by atoms with Gasteiger partial charge in [0.2, 0.25) is 5.91 Å². The van der Waals surface area contributed by atoms with Crippen LogP contribution in [0.25, 0.3) is 11.0 Å². The second-order valence-corrected chi connectivity index (χ2v) is 6.42. The van der Waals surface area contributed by atoms with Crippen molar-refractivity contribution in [3.05, 3.63) is 54.0 Å². The summed E-state index contributed by atoms with van der Waals surface area (Å²) in [6.07, 6.45) is -0.253. The van der Waals surface area contributed by atoms with Crippen molar-refractivity contribution in [1.29, 1.82) is 0 Å². The Kier molecular flexibility index (Phi) is 4.30. The molecule has 1 aliphatic rings. The normalized spacial score (nSPS) is 17.6. The quantitative estimate of drug-likeness (QED) is 0.779. The van der Waals surface area contributed by atoms with Gasteiger partial charge in [-0.2, -0.15) is 0 Å². The molecule has 2 aromatic heterocycles. The van der Waals surface area contributed by atoms with Crippen LogP contribution in [0, 0.1) is 6.92 Å². The van der Waals surface area contributed by atoms with Crippen molar-refractivity contribution in [1.82, 2.24) is 19.4 Å². The lowest BCUT2D eigenvalue weighted by Crippen LogP contribution is -2.44. The molecule has 26 heavy (non-hydrogen) atoms. The second kappa shape index (κ2) is 6.76. The molecule has 7 nitrogen and oxygen atoms in total. The molecule has 0 aliphatic carbocycles. The highest BCUT2D eigenvalue weighted by molar-refractivity contribution is 5.81. The number of ether oxygens (including phenoxy) is 1. The van der Waals surface area contributed by atoms with Gasteiger partial charge >= 0.3 is 0 Å². The van der Waals surface area contributed by atoms with E-state index in [1.807, 2.05) is 52.8 Å². The number of aromatic nitrogens is 3. The van der Waals surface area contributed by atoms with E-state index in [0.29, 0.717) is 25.5 Å². The monoisotopic (exact) mass is 351 g/mol. The highest BCUT2D eigenvalue weighted by Crippen LogP contribution is 2.22. The van der Waals surface area contributed by atoms with Crippen LogP contribution in [0.15, 0.2) is 42.5 Å². The van der Waals surface area contributed by atoms with Gasteiger partial charge in [-0.1, -0.05) is 18.2 Å². The van der Waals surface area contributed by atoms with Crippen LogP contribution in [-0.2, 0) is 16.1 Å². The third kappa shape index (κ3) is 3.13. The van der Waals surface area contributed by atoms with Crippen molar-refractivity contribution in [2.45, 2.75) is 19.6 Å². The van der Waals surface area contributed by atoms with Gasteiger partial charge in [-0.25, -0.2) is 9.97 Å². The zero-order valence-corrected chi connectivity index (χ0v) is 14.6. The number of hydrogen-bond acceptors (Lipinski definition) is 5. The van der Waals surface area contributed by atoms with E-state index in [1.54, 1.807) is 6.07 Å². The van der Waals surface area contributed by atoms with Gasteiger partial charge in [0.25, 0.3) is 0 Å². The molecule has 134 valence electrons. The van der Waals surface area contributed by atoms with Crippen LogP contribution in [0.1, 0.15) is 17.6 Å². The van der Waals surface area contributed by atoms with Crippen LogP contribution in [0.4, 0.5) is 5.82 Å². The number of benzene rings is 1. The Labute approximate surface area is 151 Å². The number of nitrogens with two attached hydrogens (primary N) is 1. The molecule has 1 unspecified atom stereocenters. The average molecular weight is 351 g/mol. The summed E-state index contributed by atoms with van der Waals surface area (Å²) in [5.41, 5.74) is 8.40. The summed E-state index contributed by atoms with van der Waals surface area (Å²) >= 11 is 0. The number of carbonyl (C=O) groups is 1. The lowest BCUT2D eigenvalue weighted by molar-refractivity contribution is -0.139. The number of fused-ring (bicyclic) bond motifs is 1. The number of carbonyl (C=O) groups excluding carboxylic acids is 1. The minimum absolute atomic E-state index is 0.0495. The first-order valence-electron chi connectivity index (χ1n) is 8.65. The van der Waals surface area contributed by atoms with Crippen molar-refractivity contribution < 1.29 is 9.53 Å². The predicted molar refractivity (Wildman–Crippen MR) is 98.4 cm³/mol. The number of imidazole rings is 1. The van der Waals surface area contributed by atoms with Crippen LogP contribution >= 0.6 is 0 Å². The number of hydrogen-bond donors (Lipinski definition) is 1. The van der Waals surface area contributed by atoms with E-state index in [-0.39, 0.29) is 18.6 Å². The van der Waals surface area contributed by atoms with E-state index in [2.05, 4.69) is 9.97 Å².